The Hall–Kier alpha value is -2.86. The zero-order chi connectivity index (χ0) is 23.0. The zero-order valence-electron chi connectivity index (χ0n) is 18.9. The number of benzene rings is 2. The minimum Gasteiger partial charge on any atom is -0.356 e. The van der Waals surface area contributed by atoms with Crippen LogP contribution in [0.5, 0.6) is 0 Å². The van der Waals surface area contributed by atoms with Gasteiger partial charge in [-0.05, 0) is 55.5 Å². The number of carbonyl (C=O) groups is 2. The predicted octanol–water partition coefficient (Wildman–Crippen LogP) is 4.38. The zero-order valence-corrected chi connectivity index (χ0v) is 19.7. The smallest absolute Gasteiger partial charge is 0.242 e. The highest BCUT2D eigenvalue weighted by Gasteiger charge is 2.20. The molecule has 1 aromatic heterocycles. The summed E-state index contributed by atoms with van der Waals surface area (Å²) in [6.07, 6.45) is 6.25. The molecular formula is C26H31ClN4O2. The fourth-order valence-corrected chi connectivity index (χ4v) is 4.48. The molecule has 1 aliphatic heterocycles. The van der Waals surface area contributed by atoms with E-state index in [9.17, 15) is 9.59 Å². The van der Waals surface area contributed by atoms with Gasteiger partial charge >= 0.3 is 0 Å². The lowest BCUT2D eigenvalue weighted by Crippen LogP contribution is -2.31. The minimum absolute atomic E-state index is 0.0274. The maximum atomic E-state index is 12.8. The van der Waals surface area contributed by atoms with Gasteiger partial charge in [-0.1, -0.05) is 42.3 Å². The van der Waals surface area contributed by atoms with Crippen molar-refractivity contribution in [1.29, 1.82) is 0 Å². The Kier molecular flexibility index (Phi) is 8.00. The molecule has 174 valence electrons. The van der Waals surface area contributed by atoms with Gasteiger partial charge in [0.25, 0.3) is 0 Å². The Morgan fingerprint density at radius 3 is 2.52 bits per heavy atom. The summed E-state index contributed by atoms with van der Waals surface area (Å²) in [5, 5.41) is 3.67. The summed E-state index contributed by atoms with van der Waals surface area (Å²) < 4.78 is 2.09. The monoisotopic (exact) mass is 466 g/mol. The van der Waals surface area contributed by atoms with E-state index in [4.69, 9.17) is 16.6 Å². The number of aromatic nitrogens is 2. The largest absolute Gasteiger partial charge is 0.356 e. The van der Waals surface area contributed by atoms with Crippen molar-refractivity contribution in [3.63, 3.8) is 0 Å². The van der Waals surface area contributed by atoms with Crippen LogP contribution in [0, 0.1) is 0 Å². The van der Waals surface area contributed by atoms with Crippen LogP contribution in [0.25, 0.3) is 11.0 Å². The van der Waals surface area contributed by atoms with E-state index in [-0.39, 0.29) is 11.8 Å². The summed E-state index contributed by atoms with van der Waals surface area (Å²) >= 11 is 5.89. The van der Waals surface area contributed by atoms with Crippen molar-refractivity contribution in [1.82, 2.24) is 19.8 Å². The van der Waals surface area contributed by atoms with E-state index < -0.39 is 0 Å². The molecule has 1 aliphatic rings. The second-order valence-electron chi connectivity index (χ2n) is 8.65. The van der Waals surface area contributed by atoms with Crippen LogP contribution in [0.3, 0.4) is 0 Å². The number of aryl methyl sites for hydroxylation is 1. The lowest BCUT2D eigenvalue weighted by Gasteiger charge is -2.17. The third-order valence-electron chi connectivity index (χ3n) is 6.16. The minimum atomic E-state index is 0.0274. The Bertz CT molecular complexity index is 1090. The molecule has 0 aliphatic carbocycles. The molecule has 7 heteroatoms. The standard InChI is InChI=1S/C26H31ClN4O2/c27-21-13-11-20(12-14-21)18-25(32)28-15-5-1-2-10-24-29-22-8-3-4-9-23(22)31(24)19-26(33)30-16-6-7-17-30/h3-4,8-9,11-14H,1-2,5-7,10,15-19H2,(H,28,32). The molecule has 0 saturated carbocycles. The van der Waals surface area contributed by atoms with Crippen LogP contribution in [0.15, 0.2) is 48.5 Å². The topological polar surface area (TPSA) is 67.2 Å². The summed E-state index contributed by atoms with van der Waals surface area (Å²) in [5.74, 6) is 1.18. The maximum Gasteiger partial charge on any atom is 0.242 e. The van der Waals surface area contributed by atoms with Crippen LogP contribution in [-0.4, -0.2) is 45.9 Å². The van der Waals surface area contributed by atoms with Gasteiger partial charge < -0.3 is 14.8 Å². The Labute approximate surface area is 199 Å². The molecule has 0 bridgehead atoms. The summed E-state index contributed by atoms with van der Waals surface area (Å²) in [7, 11) is 0. The number of rotatable bonds is 10. The number of unbranched alkanes of at least 4 members (excludes halogenated alkanes) is 2. The molecule has 0 radical (unpaired) electrons. The first-order valence-electron chi connectivity index (χ1n) is 11.8. The molecule has 3 aromatic rings. The second-order valence-corrected chi connectivity index (χ2v) is 9.09. The van der Waals surface area contributed by atoms with E-state index in [1.165, 1.54) is 0 Å². The van der Waals surface area contributed by atoms with E-state index >= 15 is 0 Å². The van der Waals surface area contributed by atoms with Gasteiger partial charge in [-0.2, -0.15) is 0 Å². The van der Waals surface area contributed by atoms with Gasteiger partial charge in [0.15, 0.2) is 0 Å². The van der Waals surface area contributed by atoms with Gasteiger partial charge in [-0.15, -0.1) is 0 Å². The normalized spacial score (nSPS) is 13.5. The average molecular weight is 467 g/mol. The molecule has 0 spiro atoms. The summed E-state index contributed by atoms with van der Waals surface area (Å²) in [6.45, 7) is 2.75. The highest BCUT2D eigenvalue weighted by Crippen LogP contribution is 2.19. The number of amides is 2. The van der Waals surface area contributed by atoms with Crippen molar-refractivity contribution < 1.29 is 9.59 Å². The predicted molar refractivity (Wildman–Crippen MR) is 131 cm³/mol. The number of nitrogens with zero attached hydrogens (tertiary/aromatic N) is 3. The van der Waals surface area contributed by atoms with Gasteiger partial charge in [-0.25, -0.2) is 4.98 Å². The number of fused-ring (bicyclic) bond motifs is 1. The van der Waals surface area contributed by atoms with E-state index in [0.717, 1.165) is 74.0 Å². The van der Waals surface area contributed by atoms with Crippen LogP contribution >= 0.6 is 11.6 Å². The Morgan fingerprint density at radius 1 is 0.970 bits per heavy atom. The lowest BCUT2D eigenvalue weighted by atomic mass is 10.1. The van der Waals surface area contributed by atoms with Crippen LogP contribution in [-0.2, 0) is 29.0 Å². The van der Waals surface area contributed by atoms with Gasteiger partial charge in [-0.3, -0.25) is 9.59 Å². The van der Waals surface area contributed by atoms with Gasteiger partial charge in [0.05, 0.1) is 17.5 Å². The number of hydrogen-bond acceptors (Lipinski definition) is 3. The van der Waals surface area contributed by atoms with Crippen molar-refractivity contribution in [2.75, 3.05) is 19.6 Å². The number of hydrogen-bond donors (Lipinski definition) is 1. The number of likely N-dealkylation sites (tertiary alicyclic amines) is 1. The second kappa shape index (κ2) is 11.3. The summed E-state index contributed by atoms with van der Waals surface area (Å²) in [4.78, 5) is 31.6. The number of nitrogens with one attached hydrogen (secondary N) is 1. The molecule has 2 amide bonds. The van der Waals surface area contributed by atoms with Gasteiger partial charge in [0.2, 0.25) is 11.8 Å². The third-order valence-corrected chi connectivity index (χ3v) is 6.41. The summed E-state index contributed by atoms with van der Waals surface area (Å²) in [6, 6.07) is 15.4. The van der Waals surface area contributed by atoms with Crippen molar-refractivity contribution in [2.24, 2.45) is 0 Å². The van der Waals surface area contributed by atoms with E-state index in [1.54, 1.807) is 12.1 Å². The molecule has 1 N–H and O–H groups in total. The highest BCUT2D eigenvalue weighted by atomic mass is 35.5. The molecule has 1 fully saturated rings. The van der Waals surface area contributed by atoms with Crippen LogP contribution < -0.4 is 5.32 Å². The van der Waals surface area contributed by atoms with Gasteiger partial charge in [0.1, 0.15) is 12.4 Å². The highest BCUT2D eigenvalue weighted by molar-refractivity contribution is 6.30. The molecule has 6 nitrogen and oxygen atoms in total. The lowest BCUT2D eigenvalue weighted by molar-refractivity contribution is -0.130. The van der Waals surface area contributed by atoms with Crippen molar-refractivity contribution >= 4 is 34.4 Å². The van der Waals surface area contributed by atoms with Crippen LogP contribution in [0.1, 0.15) is 43.5 Å². The molecule has 0 unspecified atom stereocenters. The summed E-state index contributed by atoms with van der Waals surface area (Å²) in [5.41, 5.74) is 2.92. The van der Waals surface area contributed by atoms with Crippen molar-refractivity contribution in [3.05, 3.63) is 64.9 Å². The first kappa shape index (κ1) is 23.3. The maximum absolute atomic E-state index is 12.8. The average Bonchev–Trinajstić information content (AvgIpc) is 3.47. The quantitative estimate of drug-likeness (QED) is 0.451. The molecule has 2 aromatic carbocycles. The Morgan fingerprint density at radius 2 is 1.73 bits per heavy atom. The molecular weight excluding hydrogens is 436 g/mol. The number of carbonyl (C=O) groups excluding carboxylic acids is 2. The fourth-order valence-electron chi connectivity index (χ4n) is 4.36. The number of para-hydroxylation sites is 2. The van der Waals surface area contributed by atoms with Gasteiger partial charge in [0, 0.05) is 31.1 Å². The SMILES string of the molecule is O=C(Cc1ccc(Cl)cc1)NCCCCCc1nc2ccccc2n1CC(=O)N1CCCC1. The van der Waals surface area contributed by atoms with E-state index in [1.807, 2.05) is 41.3 Å². The molecule has 33 heavy (non-hydrogen) atoms. The molecule has 2 heterocycles. The number of imidazole rings is 1. The van der Waals surface area contributed by atoms with E-state index in [0.29, 0.717) is 24.5 Å². The van der Waals surface area contributed by atoms with Crippen molar-refractivity contribution in [2.45, 2.75) is 51.5 Å². The molecule has 1 saturated heterocycles. The van der Waals surface area contributed by atoms with E-state index in [2.05, 4.69) is 9.88 Å². The van der Waals surface area contributed by atoms with Crippen LogP contribution in [0.2, 0.25) is 5.02 Å². The first-order chi connectivity index (χ1) is 16.1. The third kappa shape index (κ3) is 6.35. The van der Waals surface area contributed by atoms with Crippen LogP contribution in [0.4, 0.5) is 0 Å². The first-order valence-corrected chi connectivity index (χ1v) is 12.2. The van der Waals surface area contributed by atoms with Crippen molar-refractivity contribution in [3.8, 4) is 0 Å². The fraction of sp³-hybridized carbons (Fsp3) is 0.423. The molecule has 4 rings (SSSR count). The molecule has 0 atom stereocenters. The number of halogens is 1. The Balaban J connectivity index is 1.24.